The zero-order valence-electron chi connectivity index (χ0n) is 13.3. The summed E-state index contributed by atoms with van der Waals surface area (Å²) in [5.74, 6) is 0. The van der Waals surface area contributed by atoms with Crippen molar-refractivity contribution in [3.8, 4) is 0 Å². The van der Waals surface area contributed by atoms with Crippen LogP contribution in [-0.4, -0.2) is 0 Å². The second-order valence-electron chi connectivity index (χ2n) is 0.816. The summed E-state index contributed by atoms with van der Waals surface area (Å²) in [5.41, 5.74) is 0. The number of hydrogen-bond donors (Lipinski definition) is 0. The Morgan fingerprint density at radius 1 is 0.500 bits per heavy atom. The molecule has 0 spiro atoms. The predicted octanol–water partition coefficient (Wildman–Crippen LogP) is 6.49. The van der Waals surface area contributed by atoms with E-state index in [0.29, 0.717) is 0 Å². The van der Waals surface area contributed by atoms with Gasteiger partial charge in [-0.2, -0.15) is 0 Å². The van der Waals surface area contributed by atoms with Gasteiger partial charge in [-0.15, -0.1) is 13.2 Å². The van der Waals surface area contributed by atoms with E-state index in [4.69, 9.17) is 0 Å². The van der Waals surface area contributed by atoms with Gasteiger partial charge in [0.1, 0.15) is 0 Å². The Hall–Kier alpha value is 2.00. The Morgan fingerprint density at radius 3 is 0.500 bits per heavy atom. The van der Waals surface area contributed by atoms with Gasteiger partial charge in [-0.05, 0) is 13.8 Å². The Kier molecular flexibility index (Phi) is 884. The Bertz CT molecular complexity index is 29.7. The molecule has 0 heterocycles. The third kappa shape index (κ3) is 900. The molecule has 0 nitrogen and oxygen atoms in total. The van der Waals surface area contributed by atoms with Gasteiger partial charge in [0.2, 0.25) is 0 Å². The summed E-state index contributed by atoms with van der Waals surface area (Å²) in [6, 6.07) is 0. The van der Waals surface area contributed by atoms with Crippen molar-refractivity contribution in [2.24, 2.45) is 0 Å². The third-order valence-electron chi connectivity index (χ3n) is 0. The molecule has 0 amide bonds. The normalized spacial score (nSPS) is 3.12. The van der Waals surface area contributed by atoms with Crippen LogP contribution in [0.2, 0.25) is 0 Å². The van der Waals surface area contributed by atoms with Gasteiger partial charge >= 0.3 is 0 Å². The molecule has 0 fully saturated rings. The fourth-order valence-corrected chi connectivity index (χ4v) is 0. The fraction of sp³-hybridized carbons (Fsp3) is 0.714. The van der Waals surface area contributed by atoms with E-state index in [1.54, 1.807) is 12.2 Å². The van der Waals surface area contributed by atoms with Gasteiger partial charge in [0, 0.05) is 75.5 Å². The molecular formula is C14H36Ar2. The quantitative estimate of drug-likeness (QED) is 0.446. The van der Waals surface area contributed by atoms with Gasteiger partial charge in [-0.1, -0.05) is 67.5 Å². The summed E-state index contributed by atoms with van der Waals surface area (Å²) in [5, 5.41) is 0. The summed E-state index contributed by atoms with van der Waals surface area (Å²) in [4.78, 5) is 0. The molecule has 0 aromatic rings. The van der Waals surface area contributed by atoms with Gasteiger partial charge in [0.05, 0.1) is 0 Å². The molecule has 108 valence electrons. The molecule has 0 saturated carbocycles. The first-order valence-electron chi connectivity index (χ1n) is 5.97. The van der Waals surface area contributed by atoms with Crippen molar-refractivity contribution < 1.29 is 75.5 Å². The van der Waals surface area contributed by atoms with E-state index in [2.05, 4.69) is 13.2 Å². The molecular weight excluding hydrogens is 248 g/mol. The molecule has 0 aromatic carbocycles. The fourth-order valence-electron chi connectivity index (χ4n) is 0. The molecule has 0 rings (SSSR count). The van der Waals surface area contributed by atoms with Gasteiger partial charge in [-0.3, -0.25) is 0 Å². The van der Waals surface area contributed by atoms with Crippen LogP contribution in [-0.2, 0) is 0 Å². The van der Waals surface area contributed by atoms with E-state index in [1.165, 1.54) is 0 Å². The first-order chi connectivity index (χ1) is 6.83. The summed E-state index contributed by atoms with van der Waals surface area (Å²) in [6.07, 6.45) is 3.50. The van der Waals surface area contributed by atoms with Crippen LogP contribution in [0.25, 0.3) is 0 Å². The zero-order chi connectivity index (χ0) is 13.4. The van der Waals surface area contributed by atoms with E-state index >= 15 is 0 Å². The predicted molar refractivity (Wildman–Crippen MR) is 77.1 cm³/mol. The minimum Gasteiger partial charge on any atom is -0.103 e. The molecule has 0 N–H and O–H groups in total. The molecule has 0 atom stereocenters. The maximum Gasteiger partial charge on any atom is 0 e. The maximum absolute atomic E-state index is 3.36. The topological polar surface area (TPSA) is 0 Å². The molecule has 0 saturated heterocycles. The van der Waals surface area contributed by atoms with Gasteiger partial charge in [-0.25, -0.2) is 0 Å². The van der Waals surface area contributed by atoms with Crippen LogP contribution in [0, 0.1) is 75.5 Å². The van der Waals surface area contributed by atoms with Crippen LogP contribution < -0.4 is 0 Å². The summed E-state index contributed by atoms with van der Waals surface area (Å²) < 4.78 is 0. The number of hydrogen-bond acceptors (Lipinski definition) is 0. The van der Waals surface area contributed by atoms with Crippen LogP contribution in [0.5, 0.6) is 0 Å². The van der Waals surface area contributed by atoms with Crippen molar-refractivity contribution in [2.75, 3.05) is 0 Å². The van der Waals surface area contributed by atoms with Gasteiger partial charge in [0.15, 0.2) is 0 Å². The monoisotopic (exact) mass is 284 g/mol. The van der Waals surface area contributed by atoms with Crippen LogP contribution in [0.1, 0.15) is 69.2 Å². The molecule has 0 bridgehead atoms. The molecule has 0 radical (unpaired) electrons. The van der Waals surface area contributed by atoms with Crippen molar-refractivity contribution in [3.63, 3.8) is 0 Å². The van der Waals surface area contributed by atoms with E-state index in [0.717, 1.165) is 0 Å². The largest absolute Gasteiger partial charge is 0.103 e. The van der Waals surface area contributed by atoms with Crippen LogP contribution in [0.3, 0.4) is 0 Å². The SMILES string of the molecule is C=CC.C=CC.CC.CC.CC.CC.[Ar].[Ar]. The molecule has 0 unspecified atom stereocenters. The smallest absolute Gasteiger partial charge is 0 e. The third-order valence-corrected chi connectivity index (χ3v) is 0. The first-order valence-corrected chi connectivity index (χ1v) is 5.97. The van der Waals surface area contributed by atoms with Crippen molar-refractivity contribution >= 4 is 0 Å². The summed E-state index contributed by atoms with van der Waals surface area (Å²) in [6.45, 7) is 26.5. The van der Waals surface area contributed by atoms with Crippen molar-refractivity contribution in [2.45, 2.75) is 69.2 Å². The zero-order valence-corrected chi connectivity index (χ0v) is 14.7. The maximum atomic E-state index is 3.36. The summed E-state index contributed by atoms with van der Waals surface area (Å²) >= 11 is 0. The van der Waals surface area contributed by atoms with E-state index in [9.17, 15) is 0 Å². The average Bonchev–Trinajstić information content (AvgIpc) is 2.31. The second-order valence-corrected chi connectivity index (χ2v) is 0.816. The molecule has 2 heteroatoms. The minimum absolute atomic E-state index is 0. The van der Waals surface area contributed by atoms with Gasteiger partial charge < -0.3 is 0 Å². The van der Waals surface area contributed by atoms with Crippen molar-refractivity contribution in [1.29, 1.82) is 0 Å². The van der Waals surface area contributed by atoms with Crippen molar-refractivity contribution in [1.82, 2.24) is 0 Å². The average molecular weight is 284 g/mol. The number of rotatable bonds is 0. The van der Waals surface area contributed by atoms with E-state index in [1.807, 2.05) is 69.2 Å². The Morgan fingerprint density at radius 2 is 0.500 bits per heavy atom. The molecule has 0 aliphatic heterocycles. The standard InChI is InChI=1S/2C3H6.4C2H6.2Ar/c2*1-3-2;4*1-2;;/h2*3H,1H2,2H3;4*1-2H3;;. The van der Waals surface area contributed by atoms with Crippen molar-refractivity contribution in [3.05, 3.63) is 25.3 Å². The van der Waals surface area contributed by atoms with Gasteiger partial charge in [0.25, 0.3) is 0 Å². The van der Waals surface area contributed by atoms with Crippen LogP contribution in [0.15, 0.2) is 25.3 Å². The van der Waals surface area contributed by atoms with E-state index < -0.39 is 0 Å². The first kappa shape index (κ1) is 52.0. The molecule has 16 heavy (non-hydrogen) atoms. The Balaban J connectivity index is -0.00000000791. The Labute approximate surface area is 167 Å². The van der Waals surface area contributed by atoms with E-state index in [-0.39, 0.29) is 75.5 Å². The van der Waals surface area contributed by atoms with Crippen LogP contribution in [0.4, 0.5) is 0 Å². The number of allylic oxidation sites excluding steroid dienone is 2. The molecule has 0 aliphatic rings. The van der Waals surface area contributed by atoms with Crippen LogP contribution >= 0.6 is 0 Å². The minimum atomic E-state index is 0. The summed E-state index contributed by atoms with van der Waals surface area (Å²) in [7, 11) is 0. The second kappa shape index (κ2) is 272. The molecule has 0 aliphatic carbocycles. The molecule has 0 aromatic heterocycles.